The summed E-state index contributed by atoms with van der Waals surface area (Å²) < 4.78 is 5.85. The maximum Gasteiger partial charge on any atom is 0.290 e. The van der Waals surface area contributed by atoms with Crippen LogP contribution in [0.25, 0.3) is 11.0 Å². The monoisotopic (exact) mass is 345 g/mol. The van der Waals surface area contributed by atoms with Crippen LogP contribution in [0.4, 0.5) is 0 Å². The lowest BCUT2D eigenvalue weighted by Gasteiger charge is -2.23. The highest BCUT2D eigenvalue weighted by molar-refractivity contribution is 7.10. The number of hydrogen-bond donors (Lipinski definition) is 0. The molecule has 0 aliphatic carbocycles. The molecule has 0 bridgehead atoms. The standard InChI is InChI=1S/C18H16ClNO2S/c1-11-13-10-12(19)6-7-15(13)22-17(11)18(21)20-8-2-4-14(20)16-5-3-9-23-16/h3,5-7,9-10,14H,2,4,8H2,1H3. The van der Waals surface area contributed by atoms with Crippen molar-refractivity contribution in [1.29, 1.82) is 0 Å². The predicted molar refractivity (Wildman–Crippen MR) is 93.3 cm³/mol. The molecule has 1 aromatic carbocycles. The molecule has 1 aliphatic rings. The Morgan fingerprint density at radius 3 is 3.04 bits per heavy atom. The third-order valence-electron chi connectivity index (χ3n) is 4.48. The van der Waals surface area contributed by atoms with Gasteiger partial charge in [0, 0.05) is 27.4 Å². The molecule has 5 heteroatoms. The van der Waals surface area contributed by atoms with Crippen molar-refractivity contribution in [3.05, 3.63) is 56.9 Å². The van der Waals surface area contributed by atoms with E-state index in [1.165, 1.54) is 4.88 Å². The largest absolute Gasteiger partial charge is 0.451 e. The molecule has 0 spiro atoms. The predicted octanol–water partition coefficient (Wildman–Crippen LogP) is 5.43. The number of fused-ring (bicyclic) bond motifs is 1. The molecule has 3 nitrogen and oxygen atoms in total. The first-order chi connectivity index (χ1) is 11.1. The lowest BCUT2D eigenvalue weighted by Crippen LogP contribution is -2.30. The highest BCUT2D eigenvalue weighted by Gasteiger charge is 2.33. The number of thiophene rings is 1. The molecule has 118 valence electrons. The SMILES string of the molecule is Cc1c(C(=O)N2CCCC2c2cccs2)oc2ccc(Cl)cc12. The number of likely N-dealkylation sites (tertiary alicyclic amines) is 1. The number of furan rings is 1. The van der Waals surface area contributed by atoms with Crippen molar-refractivity contribution in [2.24, 2.45) is 0 Å². The summed E-state index contributed by atoms with van der Waals surface area (Å²) in [5.41, 5.74) is 1.58. The Bertz CT molecular complexity index is 869. The fraction of sp³-hybridized carbons (Fsp3) is 0.278. The van der Waals surface area contributed by atoms with E-state index in [0.717, 1.165) is 30.3 Å². The normalized spacial score (nSPS) is 18.0. The second-order valence-electron chi connectivity index (χ2n) is 5.87. The summed E-state index contributed by atoms with van der Waals surface area (Å²) in [6.07, 6.45) is 2.04. The van der Waals surface area contributed by atoms with E-state index in [1.54, 1.807) is 17.4 Å². The van der Waals surface area contributed by atoms with E-state index in [0.29, 0.717) is 16.4 Å². The first-order valence-corrected chi connectivity index (χ1v) is 8.94. The molecule has 0 radical (unpaired) electrons. The number of halogens is 1. The number of hydrogen-bond acceptors (Lipinski definition) is 3. The quantitative estimate of drug-likeness (QED) is 0.620. The fourth-order valence-corrected chi connectivity index (χ4v) is 4.36. The van der Waals surface area contributed by atoms with Gasteiger partial charge in [0.15, 0.2) is 5.76 Å². The van der Waals surface area contributed by atoms with Gasteiger partial charge in [-0.05, 0) is 49.4 Å². The Balaban J connectivity index is 1.73. The number of aryl methyl sites for hydroxylation is 1. The molecule has 1 saturated heterocycles. The summed E-state index contributed by atoms with van der Waals surface area (Å²) in [7, 11) is 0. The summed E-state index contributed by atoms with van der Waals surface area (Å²) >= 11 is 7.77. The maximum absolute atomic E-state index is 13.0. The highest BCUT2D eigenvalue weighted by atomic mass is 35.5. The van der Waals surface area contributed by atoms with Crippen LogP contribution in [-0.4, -0.2) is 17.4 Å². The van der Waals surface area contributed by atoms with Crippen molar-refractivity contribution >= 4 is 39.8 Å². The van der Waals surface area contributed by atoms with Crippen LogP contribution in [0, 0.1) is 6.92 Å². The van der Waals surface area contributed by atoms with Crippen LogP contribution in [0.5, 0.6) is 0 Å². The molecule has 0 saturated carbocycles. The van der Waals surface area contributed by atoms with Gasteiger partial charge in [-0.1, -0.05) is 17.7 Å². The Morgan fingerprint density at radius 2 is 2.26 bits per heavy atom. The number of amides is 1. The number of carbonyl (C=O) groups is 1. The van der Waals surface area contributed by atoms with E-state index < -0.39 is 0 Å². The molecule has 1 unspecified atom stereocenters. The minimum atomic E-state index is -0.0225. The number of carbonyl (C=O) groups excluding carboxylic acids is 1. The van der Waals surface area contributed by atoms with Crippen molar-refractivity contribution in [2.75, 3.05) is 6.54 Å². The van der Waals surface area contributed by atoms with Crippen LogP contribution >= 0.6 is 22.9 Å². The minimum Gasteiger partial charge on any atom is -0.451 e. The van der Waals surface area contributed by atoms with Crippen LogP contribution in [0.1, 0.15) is 39.9 Å². The molecule has 1 fully saturated rings. The third kappa shape index (κ3) is 2.46. The highest BCUT2D eigenvalue weighted by Crippen LogP contribution is 2.37. The molecule has 1 aliphatic heterocycles. The van der Waals surface area contributed by atoms with Crippen molar-refractivity contribution in [1.82, 2.24) is 4.90 Å². The van der Waals surface area contributed by atoms with E-state index in [-0.39, 0.29) is 11.9 Å². The van der Waals surface area contributed by atoms with Gasteiger partial charge < -0.3 is 9.32 Å². The van der Waals surface area contributed by atoms with Gasteiger partial charge in [-0.2, -0.15) is 0 Å². The topological polar surface area (TPSA) is 33.5 Å². The first-order valence-electron chi connectivity index (χ1n) is 7.68. The summed E-state index contributed by atoms with van der Waals surface area (Å²) in [4.78, 5) is 16.2. The van der Waals surface area contributed by atoms with Gasteiger partial charge in [-0.3, -0.25) is 4.79 Å². The van der Waals surface area contributed by atoms with Gasteiger partial charge in [0.2, 0.25) is 0 Å². The average molecular weight is 346 g/mol. The van der Waals surface area contributed by atoms with Gasteiger partial charge in [0.25, 0.3) is 5.91 Å². The number of rotatable bonds is 2. The zero-order valence-corrected chi connectivity index (χ0v) is 14.3. The Labute approximate surface area is 143 Å². The maximum atomic E-state index is 13.0. The molecule has 4 rings (SSSR count). The Morgan fingerprint density at radius 1 is 1.39 bits per heavy atom. The third-order valence-corrected chi connectivity index (χ3v) is 5.69. The molecule has 1 atom stereocenters. The smallest absolute Gasteiger partial charge is 0.290 e. The van der Waals surface area contributed by atoms with Crippen molar-refractivity contribution in [3.63, 3.8) is 0 Å². The lowest BCUT2D eigenvalue weighted by atomic mass is 10.1. The van der Waals surface area contributed by atoms with Crippen LogP contribution in [0.3, 0.4) is 0 Å². The van der Waals surface area contributed by atoms with E-state index in [4.69, 9.17) is 16.0 Å². The molecule has 0 N–H and O–H groups in total. The van der Waals surface area contributed by atoms with Gasteiger partial charge >= 0.3 is 0 Å². The fourth-order valence-electron chi connectivity index (χ4n) is 3.31. The summed E-state index contributed by atoms with van der Waals surface area (Å²) in [6, 6.07) is 9.77. The van der Waals surface area contributed by atoms with E-state index in [1.807, 2.05) is 30.0 Å². The summed E-state index contributed by atoms with van der Waals surface area (Å²) in [6.45, 7) is 2.70. The molecule has 2 aromatic heterocycles. The van der Waals surface area contributed by atoms with Crippen molar-refractivity contribution in [2.45, 2.75) is 25.8 Å². The second kappa shape index (κ2) is 5.69. The molecular formula is C18H16ClNO2S. The molecule has 3 aromatic rings. The van der Waals surface area contributed by atoms with Crippen LogP contribution in [0.15, 0.2) is 40.1 Å². The Kier molecular flexibility index (Phi) is 3.66. The summed E-state index contributed by atoms with van der Waals surface area (Å²) in [5, 5.41) is 3.62. The van der Waals surface area contributed by atoms with Gasteiger partial charge in [-0.25, -0.2) is 0 Å². The molecular weight excluding hydrogens is 330 g/mol. The van der Waals surface area contributed by atoms with E-state index >= 15 is 0 Å². The van der Waals surface area contributed by atoms with Gasteiger partial charge in [0.05, 0.1) is 6.04 Å². The number of benzene rings is 1. The van der Waals surface area contributed by atoms with Crippen molar-refractivity contribution in [3.8, 4) is 0 Å². The zero-order valence-electron chi connectivity index (χ0n) is 12.7. The van der Waals surface area contributed by atoms with Crippen molar-refractivity contribution < 1.29 is 9.21 Å². The molecule has 23 heavy (non-hydrogen) atoms. The van der Waals surface area contributed by atoms with Crippen LogP contribution < -0.4 is 0 Å². The first kappa shape index (κ1) is 14.8. The number of nitrogens with zero attached hydrogens (tertiary/aromatic N) is 1. The Hall–Kier alpha value is -1.78. The molecule has 1 amide bonds. The van der Waals surface area contributed by atoms with Gasteiger partial charge in [0.1, 0.15) is 5.58 Å². The second-order valence-corrected chi connectivity index (χ2v) is 7.28. The summed E-state index contributed by atoms with van der Waals surface area (Å²) in [5.74, 6) is 0.413. The minimum absolute atomic E-state index is 0.0225. The van der Waals surface area contributed by atoms with Crippen LogP contribution in [0.2, 0.25) is 5.02 Å². The van der Waals surface area contributed by atoms with E-state index in [2.05, 4.69) is 11.4 Å². The van der Waals surface area contributed by atoms with Crippen LogP contribution in [-0.2, 0) is 0 Å². The lowest BCUT2D eigenvalue weighted by molar-refractivity contribution is 0.0707. The zero-order chi connectivity index (χ0) is 16.0. The average Bonchev–Trinajstić information content (AvgIpc) is 3.26. The molecule has 3 heterocycles. The van der Waals surface area contributed by atoms with E-state index in [9.17, 15) is 4.79 Å². The van der Waals surface area contributed by atoms with Gasteiger partial charge in [-0.15, -0.1) is 11.3 Å².